The normalized spacial score (nSPS) is 35.2. The molecule has 1 aliphatic carbocycles. The molecular formula is C22H28O14. The summed E-state index contributed by atoms with van der Waals surface area (Å²) in [5.74, 6) is -7.28. The van der Waals surface area contributed by atoms with Gasteiger partial charge < -0.3 is 38.3 Å². The molecule has 0 amide bonds. The fourth-order valence-electron chi connectivity index (χ4n) is 4.71. The van der Waals surface area contributed by atoms with Gasteiger partial charge in [0.15, 0.2) is 24.6 Å². The molecule has 4 fully saturated rings. The molecule has 0 aromatic heterocycles. The van der Waals surface area contributed by atoms with Crippen LogP contribution < -0.4 is 0 Å². The van der Waals surface area contributed by atoms with Crippen molar-refractivity contribution < 1.29 is 67.0 Å². The average Bonchev–Trinajstić information content (AvgIpc) is 2.75. The van der Waals surface area contributed by atoms with Crippen molar-refractivity contribution in [1.82, 2.24) is 0 Å². The summed E-state index contributed by atoms with van der Waals surface area (Å²) in [5, 5.41) is 9.58. The van der Waals surface area contributed by atoms with Crippen LogP contribution >= 0.6 is 0 Å². The number of carboxylic acids is 1. The van der Waals surface area contributed by atoms with E-state index >= 15 is 0 Å². The minimum Gasteiger partial charge on any atom is -0.481 e. The Morgan fingerprint density at radius 2 is 1.44 bits per heavy atom. The maximum atomic E-state index is 12.4. The number of ether oxygens (including phenoxy) is 7. The van der Waals surface area contributed by atoms with Crippen LogP contribution in [0.3, 0.4) is 0 Å². The van der Waals surface area contributed by atoms with Crippen LogP contribution in [-0.4, -0.2) is 90.4 Å². The van der Waals surface area contributed by atoms with Crippen LogP contribution in [0.4, 0.5) is 0 Å². The lowest BCUT2D eigenvalue weighted by atomic mass is 9.73. The van der Waals surface area contributed by atoms with Gasteiger partial charge >= 0.3 is 35.8 Å². The number of esters is 5. The van der Waals surface area contributed by atoms with Crippen LogP contribution in [0.25, 0.3) is 0 Å². The van der Waals surface area contributed by atoms with Crippen LogP contribution in [0.1, 0.15) is 40.5 Å². The van der Waals surface area contributed by atoms with Crippen LogP contribution in [0.15, 0.2) is 0 Å². The smallest absolute Gasteiger partial charge is 0.312 e. The Morgan fingerprint density at radius 3 is 1.97 bits per heavy atom. The molecule has 3 saturated heterocycles. The van der Waals surface area contributed by atoms with E-state index in [0.717, 1.165) is 27.7 Å². The largest absolute Gasteiger partial charge is 0.481 e. The first-order valence-corrected chi connectivity index (χ1v) is 11.3. The van der Waals surface area contributed by atoms with E-state index in [4.69, 9.17) is 33.2 Å². The summed E-state index contributed by atoms with van der Waals surface area (Å²) in [6.07, 6.45) is -8.50. The van der Waals surface area contributed by atoms with Gasteiger partial charge in [-0.2, -0.15) is 0 Å². The number of hydrogen-bond donors (Lipinski definition) is 1. The van der Waals surface area contributed by atoms with E-state index in [1.807, 2.05) is 0 Å². The number of carboxylic acid groups (broad SMARTS) is 1. The Morgan fingerprint density at radius 1 is 0.861 bits per heavy atom. The topological polar surface area (TPSA) is 187 Å². The summed E-state index contributed by atoms with van der Waals surface area (Å²) in [4.78, 5) is 71.2. The van der Waals surface area contributed by atoms with Crippen molar-refractivity contribution in [1.29, 1.82) is 0 Å². The second-order valence-electron chi connectivity index (χ2n) is 8.74. The number of fused-ring (bicyclic) bond motifs is 3. The van der Waals surface area contributed by atoms with Crippen molar-refractivity contribution in [2.75, 3.05) is 6.61 Å². The average molecular weight is 516 g/mol. The molecule has 14 nitrogen and oxygen atoms in total. The Balaban J connectivity index is 1.96. The van der Waals surface area contributed by atoms with E-state index in [1.54, 1.807) is 0 Å². The minimum absolute atomic E-state index is 0.115. The van der Waals surface area contributed by atoms with E-state index in [1.165, 1.54) is 0 Å². The van der Waals surface area contributed by atoms with E-state index in [2.05, 4.69) is 0 Å². The van der Waals surface area contributed by atoms with Gasteiger partial charge in [-0.25, -0.2) is 0 Å². The quantitative estimate of drug-likeness (QED) is 0.321. The fraction of sp³-hybridized carbons (Fsp3) is 0.727. The first kappa shape index (κ1) is 27.3. The van der Waals surface area contributed by atoms with E-state index < -0.39 is 97.2 Å². The summed E-state index contributed by atoms with van der Waals surface area (Å²) in [6, 6.07) is 0. The molecule has 9 atom stereocenters. The molecule has 2 bridgehead atoms. The lowest BCUT2D eigenvalue weighted by Crippen LogP contribution is -2.64. The minimum atomic E-state index is -1.52. The predicted molar refractivity (Wildman–Crippen MR) is 111 cm³/mol. The summed E-state index contributed by atoms with van der Waals surface area (Å²) in [5.41, 5.74) is 0. The fourth-order valence-corrected chi connectivity index (χ4v) is 4.71. The Bertz CT molecular complexity index is 914. The highest BCUT2D eigenvalue weighted by molar-refractivity contribution is 5.83. The predicted octanol–water partition coefficient (Wildman–Crippen LogP) is -0.509. The van der Waals surface area contributed by atoms with Crippen molar-refractivity contribution in [2.24, 2.45) is 11.8 Å². The van der Waals surface area contributed by atoms with E-state index in [9.17, 15) is 33.9 Å². The van der Waals surface area contributed by atoms with Crippen LogP contribution in [-0.2, 0) is 61.9 Å². The summed E-state index contributed by atoms with van der Waals surface area (Å²) in [7, 11) is 0. The zero-order chi connectivity index (χ0) is 26.7. The molecular weight excluding hydrogens is 488 g/mol. The van der Waals surface area contributed by atoms with Gasteiger partial charge in [0, 0.05) is 34.1 Å². The molecule has 14 heteroatoms. The second kappa shape index (κ2) is 11.2. The number of hydrogen-bond acceptors (Lipinski definition) is 13. The van der Waals surface area contributed by atoms with Crippen molar-refractivity contribution >= 4 is 35.8 Å². The molecule has 0 aromatic rings. The molecule has 4 rings (SSSR count). The van der Waals surface area contributed by atoms with Gasteiger partial charge in [0.25, 0.3) is 0 Å². The number of rotatable bonds is 8. The first-order valence-electron chi connectivity index (χ1n) is 11.3. The number of aliphatic carboxylic acids is 1. The van der Waals surface area contributed by atoms with Crippen molar-refractivity contribution in [3.63, 3.8) is 0 Å². The highest BCUT2D eigenvalue weighted by Gasteiger charge is 2.57. The second-order valence-corrected chi connectivity index (χ2v) is 8.74. The van der Waals surface area contributed by atoms with Gasteiger partial charge in [0.05, 0.1) is 17.9 Å². The summed E-state index contributed by atoms with van der Waals surface area (Å²) in [6.45, 7) is 3.94. The monoisotopic (exact) mass is 516 g/mol. The molecule has 3 heterocycles. The third kappa shape index (κ3) is 6.29. The zero-order valence-electron chi connectivity index (χ0n) is 20.1. The Kier molecular flexibility index (Phi) is 8.51. The van der Waals surface area contributed by atoms with Crippen LogP contribution in [0.2, 0.25) is 0 Å². The van der Waals surface area contributed by atoms with Gasteiger partial charge in [0.2, 0.25) is 0 Å². The third-order valence-corrected chi connectivity index (χ3v) is 5.98. The van der Waals surface area contributed by atoms with Gasteiger partial charge in [-0.15, -0.1) is 0 Å². The molecule has 0 spiro atoms. The maximum absolute atomic E-state index is 12.4. The van der Waals surface area contributed by atoms with Gasteiger partial charge in [-0.3, -0.25) is 28.8 Å². The zero-order valence-corrected chi connectivity index (χ0v) is 20.1. The third-order valence-electron chi connectivity index (χ3n) is 5.98. The SMILES string of the molecule is CC(=O)OC[C@H]1O[C@@H](O[C@@H]2C[C@H]3C[C@H](C(=O)O)[C@@H]2C(=O)O3)[C@H](OC(C)=O)[C@@H](OC(C)=O)[C@@H]1OC(C)=O. The Labute approximate surface area is 205 Å². The maximum Gasteiger partial charge on any atom is 0.312 e. The van der Waals surface area contributed by atoms with Crippen LogP contribution in [0, 0.1) is 11.8 Å². The number of carbonyl (C=O) groups is 6. The van der Waals surface area contributed by atoms with Crippen molar-refractivity contribution in [3.8, 4) is 0 Å². The highest BCUT2D eigenvalue weighted by atomic mass is 16.7. The van der Waals surface area contributed by atoms with Crippen LogP contribution in [0.5, 0.6) is 0 Å². The molecule has 4 aliphatic rings. The number of carbonyl (C=O) groups excluding carboxylic acids is 5. The van der Waals surface area contributed by atoms with Crippen molar-refractivity contribution in [3.05, 3.63) is 0 Å². The van der Waals surface area contributed by atoms with Gasteiger partial charge in [-0.05, 0) is 6.42 Å². The Hall–Kier alpha value is -3.26. The molecule has 1 N–H and O–H groups in total. The summed E-state index contributed by atoms with van der Waals surface area (Å²) < 4.78 is 38.0. The lowest BCUT2D eigenvalue weighted by Gasteiger charge is -2.48. The van der Waals surface area contributed by atoms with Gasteiger partial charge in [-0.1, -0.05) is 0 Å². The molecule has 0 unspecified atom stereocenters. The summed E-state index contributed by atoms with van der Waals surface area (Å²) >= 11 is 0. The molecule has 36 heavy (non-hydrogen) atoms. The van der Waals surface area contributed by atoms with Crippen molar-refractivity contribution in [2.45, 2.75) is 83.5 Å². The molecule has 0 radical (unpaired) electrons. The molecule has 1 saturated carbocycles. The molecule has 0 aromatic carbocycles. The molecule has 3 aliphatic heterocycles. The molecule has 200 valence electrons. The van der Waals surface area contributed by atoms with Gasteiger partial charge in [0.1, 0.15) is 18.8 Å². The standard InChI is InChI=1S/C22H28O14/c1-8(23)30-7-15-17(31-9(2)24)18(32-10(3)25)19(33-11(4)26)22(36-15)35-14-6-12-5-13(20(27)28)16(14)21(29)34-12/h12-19,22H,5-7H2,1-4H3,(H,27,28)/t12-,13+,14-,15-,16+,17-,18+,19-,22-/m1/s1. The van der Waals surface area contributed by atoms with E-state index in [-0.39, 0.29) is 12.8 Å². The lowest BCUT2D eigenvalue weighted by molar-refractivity contribution is -0.327. The highest BCUT2D eigenvalue weighted by Crippen LogP contribution is 2.42. The van der Waals surface area contributed by atoms with E-state index in [0.29, 0.717) is 0 Å². The first-order chi connectivity index (χ1) is 16.9.